The topological polar surface area (TPSA) is 36.4 Å². The molecule has 1 saturated carbocycles. The molecule has 0 saturated heterocycles. The van der Waals surface area contributed by atoms with Crippen molar-refractivity contribution >= 4 is 11.6 Å². The third kappa shape index (κ3) is 2.85. The smallest absolute Gasteiger partial charge is 0.129 e. The maximum Gasteiger partial charge on any atom is 0.129 e. The Morgan fingerprint density at radius 2 is 2.22 bits per heavy atom. The lowest BCUT2D eigenvalue weighted by molar-refractivity contribution is -0.0652. The second-order valence-corrected chi connectivity index (χ2v) is 5.86. The third-order valence-corrected chi connectivity index (χ3v) is 3.99. The summed E-state index contributed by atoms with van der Waals surface area (Å²) < 4.78 is 0. The Labute approximate surface area is 114 Å². The van der Waals surface area contributed by atoms with E-state index >= 15 is 0 Å². The van der Waals surface area contributed by atoms with Gasteiger partial charge in [-0.25, -0.2) is 4.98 Å². The van der Waals surface area contributed by atoms with Gasteiger partial charge in [0.05, 0.1) is 5.69 Å². The van der Waals surface area contributed by atoms with Gasteiger partial charge in [0.2, 0.25) is 0 Å². The highest BCUT2D eigenvalue weighted by molar-refractivity contribution is 6.29. The first-order valence-corrected chi connectivity index (χ1v) is 6.90. The minimum Gasteiger partial charge on any atom is -0.383 e. The number of hydrogen-bond acceptors (Lipinski definition) is 3. The predicted octanol–water partition coefficient (Wildman–Crippen LogP) is 2.67. The number of aliphatic hydroxyl groups is 1. The van der Waals surface area contributed by atoms with E-state index in [9.17, 15) is 5.11 Å². The lowest BCUT2D eigenvalue weighted by atomic mass is 9.73. The van der Waals surface area contributed by atoms with Crippen LogP contribution in [0.5, 0.6) is 0 Å². The first kappa shape index (κ1) is 13.8. The van der Waals surface area contributed by atoms with Gasteiger partial charge >= 0.3 is 0 Å². The number of hydrogen-bond donors (Lipinski definition) is 1. The number of aromatic nitrogens is 1. The van der Waals surface area contributed by atoms with E-state index in [4.69, 9.17) is 11.6 Å². The molecule has 0 aliphatic heterocycles. The normalized spacial score (nSPS) is 28.6. The first-order chi connectivity index (χ1) is 8.52. The van der Waals surface area contributed by atoms with Crippen molar-refractivity contribution in [3.05, 3.63) is 29.0 Å². The summed E-state index contributed by atoms with van der Waals surface area (Å²) in [5.74, 6) is 0.229. The predicted molar refractivity (Wildman–Crippen MR) is 73.7 cm³/mol. The molecule has 2 atom stereocenters. The van der Waals surface area contributed by atoms with Gasteiger partial charge in [-0.15, -0.1) is 0 Å². The van der Waals surface area contributed by atoms with Gasteiger partial charge in [-0.1, -0.05) is 30.5 Å². The van der Waals surface area contributed by atoms with E-state index in [0.717, 1.165) is 31.5 Å². The van der Waals surface area contributed by atoms with E-state index in [0.29, 0.717) is 5.15 Å². The van der Waals surface area contributed by atoms with Crippen LogP contribution >= 0.6 is 11.6 Å². The molecule has 1 aromatic heterocycles. The van der Waals surface area contributed by atoms with Gasteiger partial charge in [-0.05, 0) is 39.1 Å². The third-order valence-electron chi connectivity index (χ3n) is 3.78. The molecule has 1 heterocycles. The molecule has 1 aliphatic carbocycles. The van der Waals surface area contributed by atoms with Crippen LogP contribution in [-0.4, -0.2) is 35.6 Å². The summed E-state index contributed by atoms with van der Waals surface area (Å²) in [6.07, 6.45) is 4.05. The van der Waals surface area contributed by atoms with Gasteiger partial charge in [-0.2, -0.15) is 0 Å². The van der Waals surface area contributed by atoms with Crippen molar-refractivity contribution in [2.45, 2.75) is 31.3 Å². The summed E-state index contributed by atoms with van der Waals surface area (Å²) >= 11 is 5.95. The molecule has 0 amide bonds. The Hall–Kier alpha value is -0.640. The van der Waals surface area contributed by atoms with Crippen LogP contribution in [-0.2, 0) is 5.60 Å². The van der Waals surface area contributed by atoms with Crippen LogP contribution in [0.3, 0.4) is 0 Å². The van der Waals surface area contributed by atoms with Crippen LogP contribution in [0.25, 0.3) is 0 Å². The minimum atomic E-state index is -0.826. The maximum atomic E-state index is 11.0. The Balaban J connectivity index is 2.29. The van der Waals surface area contributed by atoms with Gasteiger partial charge in [0.25, 0.3) is 0 Å². The highest BCUT2D eigenvalue weighted by Crippen LogP contribution is 2.41. The summed E-state index contributed by atoms with van der Waals surface area (Å²) in [5, 5.41) is 11.5. The summed E-state index contributed by atoms with van der Waals surface area (Å²) in [4.78, 5) is 6.45. The lowest BCUT2D eigenvalue weighted by Crippen LogP contribution is -2.43. The van der Waals surface area contributed by atoms with E-state index in [1.807, 2.05) is 26.2 Å². The summed E-state index contributed by atoms with van der Waals surface area (Å²) in [7, 11) is 4.08. The van der Waals surface area contributed by atoms with Crippen molar-refractivity contribution in [3.63, 3.8) is 0 Å². The van der Waals surface area contributed by atoms with E-state index in [-0.39, 0.29) is 5.92 Å². The molecular formula is C14H21ClN2O. The van der Waals surface area contributed by atoms with Gasteiger partial charge in [0.1, 0.15) is 10.8 Å². The zero-order chi connectivity index (χ0) is 13.2. The average Bonchev–Trinajstić information content (AvgIpc) is 2.32. The van der Waals surface area contributed by atoms with Crippen molar-refractivity contribution < 1.29 is 5.11 Å². The van der Waals surface area contributed by atoms with E-state index in [1.54, 1.807) is 6.07 Å². The van der Waals surface area contributed by atoms with Gasteiger partial charge in [0.15, 0.2) is 0 Å². The molecule has 1 aromatic rings. The van der Waals surface area contributed by atoms with Crippen LogP contribution in [0, 0.1) is 5.92 Å². The van der Waals surface area contributed by atoms with Crippen LogP contribution in [0.15, 0.2) is 18.2 Å². The monoisotopic (exact) mass is 268 g/mol. The summed E-state index contributed by atoms with van der Waals surface area (Å²) in [5.41, 5.74) is -0.102. The fourth-order valence-electron chi connectivity index (χ4n) is 2.90. The quantitative estimate of drug-likeness (QED) is 0.857. The second kappa shape index (κ2) is 5.55. The number of rotatable bonds is 3. The fraction of sp³-hybridized carbons (Fsp3) is 0.643. The molecule has 0 aromatic carbocycles. The molecule has 1 fully saturated rings. The van der Waals surface area contributed by atoms with Crippen LogP contribution in [0.2, 0.25) is 5.15 Å². The Morgan fingerprint density at radius 1 is 1.44 bits per heavy atom. The van der Waals surface area contributed by atoms with Gasteiger partial charge in [-0.3, -0.25) is 0 Å². The average molecular weight is 269 g/mol. The van der Waals surface area contributed by atoms with Crippen molar-refractivity contribution in [2.75, 3.05) is 20.6 Å². The van der Waals surface area contributed by atoms with Gasteiger partial charge in [0, 0.05) is 12.5 Å². The number of pyridine rings is 1. The number of nitrogens with zero attached hydrogens (tertiary/aromatic N) is 2. The minimum absolute atomic E-state index is 0.229. The summed E-state index contributed by atoms with van der Waals surface area (Å²) in [6, 6.07) is 5.50. The number of halogens is 1. The largest absolute Gasteiger partial charge is 0.383 e. The molecule has 2 rings (SSSR count). The summed E-state index contributed by atoms with van der Waals surface area (Å²) in [6.45, 7) is 0.880. The Bertz CT molecular complexity index is 411. The molecule has 100 valence electrons. The van der Waals surface area contributed by atoms with Gasteiger partial charge < -0.3 is 10.0 Å². The van der Waals surface area contributed by atoms with Crippen molar-refractivity contribution in [2.24, 2.45) is 5.92 Å². The zero-order valence-corrected chi connectivity index (χ0v) is 11.8. The highest BCUT2D eigenvalue weighted by atomic mass is 35.5. The lowest BCUT2D eigenvalue weighted by Gasteiger charge is -2.40. The molecule has 3 nitrogen and oxygen atoms in total. The molecule has 2 unspecified atom stereocenters. The van der Waals surface area contributed by atoms with Crippen LogP contribution in [0.4, 0.5) is 0 Å². The molecule has 18 heavy (non-hydrogen) atoms. The zero-order valence-electron chi connectivity index (χ0n) is 11.1. The fourth-order valence-corrected chi connectivity index (χ4v) is 3.06. The van der Waals surface area contributed by atoms with E-state index < -0.39 is 5.60 Å². The molecule has 0 bridgehead atoms. The highest BCUT2D eigenvalue weighted by Gasteiger charge is 2.41. The first-order valence-electron chi connectivity index (χ1n) is 6.52. The second-order valence-electron chi connectivity index (χ2n) is 5.47. The molecule has 0 radical (unpaired) electrons. The molecule has 4 heteroatoms. The molecule has 0 spiro atoms. The van der Waals surface area contributed by atoms with Crippen molar-refractivity contribution in [3.8, 4) is 0 Å². The SMILES string of the molecule is CN(C)CC1CCCCC1(O)c1cccc(Cl)n1. The van der Waals surface area contributed by atoms with Crippen LogP contribution < -0.4 is 0 Å². The standard InChI is InChI=1S/C14H21ClN2O/c1-17(2)10-11-6-3-4-9-14(11,18)12-7-5-8-13(15)16-12/h5,7-8,11,18H,3-4,6,9-10H2,1-2H3. The maximum absolute atomic E-state index is 11.0. The molecule has 1 aliphatic rings. The van der Waals surface area contributed by atoms with Crippen molar-refractivity contribution in [1.29, 1.82) is 0 Å². The molecular weight excluding hydrogens is 248 g/mol. The van der Waals surface area contributed by atoms with E-state index in [2.05, 4.69) is 9.88 Å². The van der Waals surface area contributed by atoms with E-state index in [1.165, 1.54) is 6.42 Å². The van der Waals surface area contributed by atoms with Crippen LogP contribution in [0.1, 0.15) is 31.4 Å². The Kier molecular flexibility index (Phi) is 4.25. The Morgan fingerprint density at radius 3 is 2.89 bits per heavy atom. The van der Waals surface area contributed by atoms with Crippen molar-refractivity contribution in [1.82, 2.24) is 9.88 Å². The molecule has 1 N–H and O–H groups in total.